The fourth-order valence-corrected chi connectivity index (χ4v) is 12.5. The van der Waals surface area contributed by atoms with E-state index >= 15 is 0 Å². The molecule has 2 aliphatic heterocycles. The summed E-state index contributed by atoms with van der Waals surface area (Å²) in [6.07, 6.45) is 13.7. The lowest BCUT2D eigenvalue weighted by Gasteiger charge is -2.40. The normalized spacial score (nSPS) is 29.4. The van der Waals surface area contributed by atoms with Gasteiger partial charge >= 0.3 is 0 Å². The van der Waals surface area contributed by atoms with Crippen molar-refractivity contribution in [2.24, 2.45) is 34.5 Å². The van der Waals surface area contributed by atoms with Crippen molar-refractivity contribution in [2.75, 3.05) is 31.9 Å². The number of piperidine rings is 1. The molecule has 5 atom stereocenters. The topological polar surface area (TPSA) is 138 Å². The zero-order valence-electron chi connectivity index (χ0n) is 35.1. The smallest absolute Gasteiger partial charge is 0.287 e. The molecule has 5 rings (SSSR count). The largest absolute Gasteiger partial charge is 0.347 e. The number of amides is 2. The van der Waals surface area contributed by atoms with Crippen molar-refractivity contribution in [3.63, 3.8) is 0 Å². The zero-order valence-corrected chi connectivity index (χ0v) is 35.9. The van der Waals surface area contributed by atoms with Crippen LogP contribution in [-0.4, -0.2) is 96.1 Å². The third-order valence-electron chi connectivity index (χ3n) is 14.5. The highest BCUT2D eigenvalue weighted by atomic mass is 32.2. The molecule has 0 aromatic carbocycles. The minimum Gasteiger partial charge on any atom is -0.347 e. The summed E-state index contributed by atoms with van der Waals surface area (Å²) >= 11 is 0. The molecule has 5 aliphatic rings. The van der Waals surface area contributed by atoms with Crippen LogP contribution in [0, 0.1) is 34.5 Å². The summed E-state index contributed by atoms with van der Waals surface area (Å²) in [7, 11) is -3.57. The molecule has 0 aromatic heterocycles. The Balaban J connectivity index is 1.35. The monoisotopic (exact) mass is 788 g/mol. The van der Waals surface area contributed by atoms with Crippen molar-refractivity contribution in [1.29, 1.82) is 0 Å². The standard InChI is InChI=1S/C44H73N3O7S/c1-7-46(8-2)29-42(3,4)55(53,54)30-44(23-17-14-18-24-44)27-34(48)25-32-20-16-13-11-9-10-12-15-19-31(39(50)40(51)45-33-21-22-33)26-36(49)38-37-35(43(37,5)6)28-47(38)41(32)52/h31-33,35,37-38H,7-30H2,1-6H3,(H,45,51)/t31-,32-,35+,37+,38-/m1/s1. The molecule has 1 N–H and O–H groups in total. The van der Waals surface area contributed by atoms with E-state index in [2.05, 4.69) is 24.1 Å². The van der Waals surface area contributed by atoms with E-state index in [9.17, 15) is 32.4 Å². The van der Waals surface area contributed by atoms with Crippen molar-refractivity contribution in [2.45, 2.75) is 180 Å². The van der Waals surface area contributed by atoms with Crippen molar-refractivity contribution in [3.8, 4) is 0 Å². The number of ketones is 3. The molecule has 5 fully saturated rings. The average molecular weight is 788 g/mol. The summed E-state index contributed by atoms with van der Waals surface area (Å²) in [5.74, 6) is -2.57. The summed E-state index contributed by atoms with van der Waals surface area (Å²) in [6, 6.07) is -0.613. The number of rotatable bonds is 14. The fraction of sp³-hybridized carbons (Fsp3) is 0.886. The highest BCUT2D eigenvalue weighted by Crippen LogP contribution is 2.65. The third-order valence-corrected chi connectivity index (χ3v) is 17.3. The van der Waals surface area contributed by atoms with Gasteiger partial charge in [-0.15, -0.1) is 0 Å². The van der Waals surface area contributed by atoms with Crippen molar-refractivity contribution in [1.82, 2.24) is 15.1 Å². The highest BCUT2D eigenvalue weighted by molar-refractivity contribution is 7.92. The minimum absolute atomic E-state index is 0.00867. The van der Waals surface area contributed by atoms with Crippen LogP contribution in [-0.2, 0) is 33.8 Å². The van der Waals surface area contributed by atoms with Gasteiger partial charge in [0.05, 0.1) is 16.5 Å². The lowest BCUT2D eigenvalue weighted by atomic mass is 9.71. The molecule has 3 saturated carbocycles. The second-order valence-electron chi connectivity index (χ2n) is 19.6. The van der Waals surface area contributed by atoms with Crippen molar-refractivity contribution in [3.05, 3.63) is 0 Å². The first-order chi connectivity index (χ1) is 25.9. The second-order valence-corrected chi connectivity index (χ2v) is 22.2. The molecule has 11 heteroatoms. The zero-order chi connectivity index (χ0) is 40.2. The van der Waals surface area contributed by atoms with Crippen LogP contribution in [0.5, 0.6) is 0 Å². The molecule has 55 heavy (non-hydrogen) atoms. The molecule has 2 saturated heterocycles. The number of nitrogens with zero attached hydrogens (tertiary/aromatic N) is 2. The number of fused-ring (bicyclic) bond motifs is 3. The number of hydrogen-bond acceptors (Lipinski definition) is 8. The van der Waals surface area contributed by atoms with Crippen LogP contribution in [0.1, 0.15) is 164 Å². The summed E-state index contributed by atoms with van der Waals surface area (Å²) < 4.78 is 27.3. The van der Waals surface area contributed by atoms with Crippen LogP contribution in [0.4, 0.5) is 0 Å². The van der Waals surface area contributed by atoms with Gasteiger partial charge in [-0.2, -0.15) is 0 Å². The van der Waals surface area contributed by atoms with Gasteiger partial charge in [0.15, 0.2) is 15.6 Å². The Hall–Kier alpha value is -2.14. The van der Waals surface area contributed by atoms with E-state index in [1.165, 1.54) is 0 Å². The van der Waals surface area contributed by atoms with Crippen LogP contribution in [0.25, 0.3) is 0 Å². The third kappa shape index (κ3) is 10.7. The quantitative estimate of drug-likeness (QED) is 0.189. The summed E-state index contributed by atoms with van der Waals surface area (Å²) in [5, 5.41) is 2.82. The molecular weight excluding hydrogens is 715 g/mol. The number of sulfone groups is 1. The van der Waals surface area contributed by atoms with Crippen LogP contribution >= 0.6 is 0 Å². The Morgan fingerprint density at radius 3 is 2.04 bits per heavy atom. The van der Waals surface area contributed by atoms with Gasteiger partial charge in [0.2, 0.25) is 11.7 Å². The Morgan fingerprint density at radius 2 is 1.44 bits per heavy atom. The van der Waals surface area contributed by atoms with E-state index < -0.39 is 49.6 Å². The average Bonchev–Trinajstić information content (AvgIpc) is 3.98. The van der Waals surface area contributed by atoms with E-state index in [1.807, 2.05) is 27.7 Å². The molecule has 0 bridgehead atoms. The molecule has 3 aliphatic carbocycles. The van der Waals surface area contributed by atoms with Gasteiger partial charge in [0, 0.05) is 50.2 Å². The van der Waals surface area contributed by atoms with Gasteiger partial charge in [0.25, 0.3) is 5.91 Å². The molecule has 10 nitrogen and oxygen atoms in total. The minimum atomic E-state index is -3.57. The molecule has 0 spiro atoms. The maximum absolute atomic E-state index is 14.7. The SMILES string of the molecule is CCN(CC)CC(C)(C)S(=O)(=O)CC1(CC(=O)C[C@H]2CCCCCCCCC[C@@H](C(=O)C(=O)NC3CC3)CC(=O)[C@@H]3[C@@H]4[C@H](CN3C2=O)C4(C)C)CCCCC1. The number of hydrogen-bond donors (Lipinski definition) is 1. The number of carbonyl (C=O) groups excluding carboxylic acids is 5. The van der Waals surface area contributed by atoms with E-state index in [0.29, 0.717) is 38.8 Å². The first-order valence-corrected chi connectivity index (χ1v) is 23.7. The molecule has 312 valence electrons. The number of Topliss-reactive ketones (excluding diaryl/α,β-unsaturated/α-hetero) is 3. The van der Waals surface area contributed by atoms with Crippen LogP contribution in [0.15, 0.2) is 0 Å². The molecule has 2 heterocycles. The predicted molar refractivity (Wildman–Crippen MR) is 216 cm³/mol. The summed E-state index contributed by atoms with van der Waals surface area (Å²) in [4.78, 5) is 73.6. The molecular formula is C44H73N3O7S. The van der Waals surface area contributed by atoms with Crippen LogP contribution < -0.4 is 5.32 Å². The number of nitrogens with one attached hydrogen (secondary N) is 1. The van der Waals surface area contributed by atoms with E-state index in [0.717, 1.165) is 90.1 Å². The Morgan fingerprint density at radius 1 is 0.855 bits per heavy atom. The Bertz CT molecular complexity index is 1510. The van der Waals surface area contributed by atoms with E-state index in [1.54, 1.807) is 4.90 Å². The highest BCUT2D eigenvalue weighted by Gasteiger charge is 2.69. The van der Waals surface area contributed by atoms with Gasteiger partial charge in [-0.1, -0.05) is 91.9 Å². The summed E-state index contributed by atoms with van der Waals surface area (Å²) in [6.45, 7) is 14.5. The first kappa shape index (κ1) is 44.0. The molecule has 0 unspecified atom stereocenters. The predicted octanol–water partition coefficient (Wildman–Crippen LogP) is 6.87. The molecule has 2 amide bonds. The van der Waals surface area contributed by atoms with Gasteiger partial charge in [0.1, 0.15) is 5.78 Å². The Kier molecular flexibility index (Phi) is 14.5. The second kappa shape index (κ2) is 18.2. The van der Waals surface area contributed by atoms with Gasteiger partial charge in [-0.25, -0.2) is 8.42 Å². The fourth-order valence-electron chi connectivity index (χ4n) is 10.6. The van der Waals surface area contributed by atoms with Crippen molar-refractivity contribution >= 4 is 39.0 Å². The first-order valence-electron chi connectivity index (χ1n) is 22.1. The molecule has 0 radical (unpaired) electrons. The lowest BCUT2D eigenvalue weighted by molar-refractivity contribution is -0.146. The Labute approximate surface area is 332 Å². The van der Waals surface area contributed by atoms with Crippen LogP contribution in [0.2, 0.25) is 0 Å². The van der Waals surface area contributed by atoms with E-state index in [4.69, 9.17) is 0 Å². The van der Waals surface area contributed by atoms with Gasteiger partial charge in [-0.3, -0.25) is 24.0 Å². The van der Waals surface area contributed by atoms with Gasteiger partial charge in [-0.05, 0) is 88.1 Å². The van der Waals surface area contributed by atoms with Gasteiger partial charge < -0.3 is 15.1 Å². The lowest BCUT2D eigenvalue weighted by Crippen LogP contribution is -2.49. The maximum Gasteiger partial charge on any atom is 0.287 e. The maximum atomic E-state index is 14.7. The number of carbonyl (C=O) groups is 5. The van der Waals surface area contributed by atoms with Crippen molar-refractivity contribution < 1.29 is 32.4 Å². The molecule has 0 aromatic rings. The summed E-state index contributed by atoms with van der Waals surface area (Å²) in [5.41, 5.74) is -0.745. The van der Waals surface area contributed by atoms with E-state index in [-0.39, 0.29) is 65.8 Å². The van der Waals surface area contributed by atoms with Crippen LogP contribution in [0.3, 0.4) is 0 Å².